The zero-order valence-electron chi connectivity index (χ0n) is 13.3. The van der Waals surface area contributed by atoms with Gasteiger partial charge in [-0.1, -0.05) is 43.0 Å². The fourth-order valence-corrected chi connectivity index (χ4v) is 3.20. The van der Waals surface area contributed by atoms with Crippen molar-refractivity contribution >= 4 is 45.7 Å². The van der Waals surface area contributed by atoms with Crippen molar-refractivity contribution in [3.8, 4) is 12.3 Å². The highest BCUT2D eigenvalue weighted by Crippen LogP contribution is 2.26. The van der Waals surface area contributed by atoms with Crippen molar-refractivity contribution in [2.45, 2.75) is 26.3 Å². The highest BCUT2D eigenvalue weighted by atomic mass is 35.5. The van der Waals surface area contributed by atoms with E-state index in [2.05, 4.69) is 21.5 Å². The van der Waals surface area contributed by atoms with Crippen molar-refractivity contribution in [1.29, 1.82) is 0 Å². The lowest BCUT2D eigenvalue weighted by Gasteiger charge is -2.16. The summed E-state index contributed by atoms with van der Waals surface area (Å²) in [6.45, 7) is 3.89. The van der Waals surface area contributed by atoms with Gasteiger partial charge in [-0.2, -0.15) is 0 Å². The van der Waals surface area contributed by atoms with Gasteiger partial charge in [-0.25, -0.2) is 9.78 Å². The molecule has 1 heterocycles. The van der Waals surface area contributed by atoms with Crippen LogP contribution in [0.5, 0.6) is 0 Å². The van der Waals surface area contributed by atoms with Gasteiger partial charge >= 0.3 is 6.03 Å². The van der Waals surface area contributed by atoms with E-state index in [1.165, 1.54) is 11.3 Å². The van der Waals surface area contributed by atoms with Crippen LogP contribution in [0.1, 0.15) is 24.3 Å². The number of carbonyl (C=O) groups is 1. The lowest BCUT2D eigenvalue weighted by atomic mass is 10.1. The highest BCUT2D eigenvalue weighted by molar-refractivity contribution is 7.15. The van der Waals surface area contributed by atoms with Gasteiger partial charge in [0.1, 0.15) is 0 Å². The van der Waals surface area contributed by atoms with Crippen LogP contribution in [0.3, 0.4) is 0 Å². The van der Waals surface area contributed by atoms with Crippen LogP contribution >= 0.6 is 34.5 Å². The molecule has 0 radical (unpaired) electrons. The molecule has 0 saturated carbocycles. The van der Waals surface area contributed by atoms with Crippen LogP contribution in [0.15, 0.2) is 24.4 Å². The van der Waals surface area contributed by atoms with Crippen LogP contribution in [0, 0.1) is 18.3 Å². The minimum atomic E-state index is -0.367. The quantitative estimate of drug-likeness (QED) is 0.729. The second-order valence-electron chi connectivity index (χ2n) is 5.53. The SMILES string of the molecule is C#CC(NC(=O)Nc1ncc(Cc2cc(Cl)ccc2Cl)s1)C(C)C. The van der Waals surface area contributed by atoms with Crippen molar-refractivity contribution in [1.82, 2.24) is 10.3 Å². The first-order valence-corrected chi connectivity index (χ1v) is 8.88. The molecule has 24 heavy (non-hydrogen) atoms. The first-order valence-electron chi connectivity index (χ1n) is 7.31. The van der Waals surface area contributed by atoms with Crippen LogP contribution in [0.4, 0.5) is 9.93 Å². The van der Waals surface area contributed by atoms with Gasteiger partial charge in [0, 0.05) is 27.5 Å². The summed E-state index contributed by atoms with van der Waals surface area (Å²) >= 11 is 13.5. The van der Waals surface area contributed by atoms with E-state index in [9.17, 15) is 4.79 Å². The lowest BCUT2D eigenvalue weighted by molar-refractivity contribution is 0.248. The van der Waals surface area contributed by atoms with Crippen LogP contribution in [0.2, 0.25) is 10.0 Å². The maximum absolute atomic E-state index is 12.0. The molecular formula is C17H17Cl2N3OS. The van der Waals surface area contributed by atoms with E-state index in [1.54, 1.807) is 18.3 Å². The summed E-state index contributed by atoms with van der Waals surface area (Å²) in [5, 5.41) is 7.21. The third-order valence-electron chi connectivity index (χ3n) is 3.28. The summed E-state index contributed by atoms with van der Waals surface area (Å²) in [4.78, 5) is 17.1. The summed E-state index contributed by atoms with van der Waals surface area (Å²) in [7, 11) is 0. The number of benzene rings is 1. The molecule has 7 heteroatoms. The summed E-state index contributed by atoms with van der Waals surface area (Å²) in [6, 6.07) is 4.64. The number of anilines is 1. The van der Waals surface area contributed by atoms with Crippen molar-refractivity contribution < 1.29 is 4.79 Å². The van der Waals surface area contributed by atoms with Crippen LogP contribution in [-0.4, -0.2) is 17.1 Å². The van der Waals surface area contributed by atoms with E-state index in [-0.39, 0.29) is 18.0 Å². The average Bonchev–Trinajstić information content (AvgIpc) is 2.95. The Morgan fingerprint density at radius 3 is 2.83 bits per heavy atom. The van der Waals surface area contributed by atoms with E-state index in [4.69, 9.17) is 29.6 Å². The number of carbonyl (C=O) groups excluding carboxylic acids is 1. The van der Waals surface area contributed by atoms with E-state index in [1.807, 2.05) is 19.9 Å². The maximum Gasteiger partial charge on any atom is 0.322 e. The van der Waals surface area contributed by atoms with Gasteiger partial charge in [-0.15, -0.1) is 17.8 Å². The monoisotopic (exact) mass is 381 g/mol. The fraction of sp³-hybridized carbons (Fsp3) is 0.294. The minimum absolute atomic E-state index is 0.151. The van der Waals surface area contributed by atoms with Gasteiger partial charge < -0.3 is 5.32 Å². The summed E-state index contributed by atoms with van der Waals surface area (Å²) in [5.41, 5.74) is 0.913. The number of terminal acetylenes is 1. The smallest absolute Gasteiger partial charge is 0.322 e. The Hall–Kier alpha value is -1.74. The third kappa shape index (κ3) is 5.13. The van der Waals surface area contributed by atoms with Crippen molar-refractivity contribution in [2.75, 3.05) is 5.32 Å². The standard InChI is InChI=1S/C17H17Cl2N3OS/c1-4-15(10(2)3)21-16(23)22-17-20-9-13(24-17)8-11-7-12(18)5-6-14(11)19/h1,5-7,9-10,15H,8H2,2-3H3,(H2,20,21,22,23). The number of nitrogens with one attached hydrogen (secondary N) is 2. The van der Waals surface area contributed by atoms with Crippen LogP contribution in [-0.2, 0) is 6.42 Å². The van der Waals surface area contributed by atoms with Crippen LogP contribution < -0.4 is 10.6 Å². The second-order valence-corrected chi connectivity index (χ2v) is 7.49. The van der Waals surface area contributed by atoms with Gasteiger partial charge in [0.05, 0.1) is 6.04 Å². The van der Waals surface area contributed by atoms with Crippen LogP contribution in [0.25, 0.3) is 0 Å². The van der Waals surface area contributed by atoms with Gasteiger partial charge in [0.25, 0.3) is 0 Å². The first kappa shape index (κ1) is 18.6. The molecule has 126 valence electrons. The third-order valence-corrected chi connectivity index (χ3v) is 4.80. The number of thiazole rings is 1. The van der Waals surface area contributed by atoms with Crippen molar-refractivity contribution in [2.24, 2.45) is 5.92 Å². The highest BCUT2D eigenvalue weighted by Gasteiger charge is 2.14. The molecule has 1 atom stereocenters. The summed E-state index contributed by atoms with van der Waals surface area (Å²) in [5.74, 6) is 2.70. The van der Waals surface area contributed by atoms with E-state index in [0.717, 1.165) is 10.4 Å². The molecule has 1 aromatic heterocycles. The van der Waals surface area contributed by atoms with Gasteiger partial charge in [0.15, 0.2) is 5.13 Å². The molecule has 2 amide bonds. The maximum atomic E-state index is 12.0. The molecule has 4 nitrogen and oxygen atoms in total. The molecule has 2 N–H and O–H groups in total. The van der Waals surface area contributed by atoms with E-state index >= 15 is 0 Å². The minimum Gasteiger partial charge on any atom is -0.324 e. The Morgan fingerprint density at radius 1 is 1.42 bits per heavy atom. The zero-order valence-corrected chi connectivity index (χ0v) is 15.6. The molecule has 0 fully saturated rings. The largest absolute Gasteiger partial charge is 0.324 e. The predicted octanol–water partition coefficient (Wildman–Crippen LogP) is 4.82. The molecule has 0 aliphatic rings. The molecular weight excluding hydrogens is 365 g/mol. The number of halogens is 2. The Balaban J connectivity index is 1.99. The average molecular weight is 382 g/mol. The van der Waals surface area contributed by atoms with Gasteiger partial charge in [-0.05, 0) is 29.7 Å². The molecule has 2 aromatic rings. The fourth-order valence-electron chi connectivity index (χ4n) is 1.99. The number of nitrogens with zero attached hydrogens (tertiary/aromatic N) is 1. The van der Waals surface area contributed by atoms with Crippen molar-refractivity contribution in [3.05, 3.63) is 44.9 Å². The number of urea groups is 1. The Bertz CT molecular complexity index is 767. The molecule has 0 aliphatic carbocycles. The Morgan fingerprint density at radius 2 is 2.17 bits per heavy atom. The number of aromatic nitrogens is 1. The lowest BCUT2D eigenvalue weighted by Crippen LogP contribution is -2.40. The molecule has 0 aliphatic heterocycles. The zero-order chi connectivity index (χ0) is 17.7. The molecule has 2 rings (SSSR count). The van der Waals surface area contributed by atoms with E-state index < -0.39 is 0 Å². The van der Waals surface area contributed by atoms with Gasteiger partial charge in [-0.3, -0.25) is 5.32 Å². The number of hydrogen-bond donors (Lipinski definition) is 2. The normalized spacial score (nSPS) is 11.8. The molecule has 0 spiro atoms. The molecule has 0 bridgehead atoms. The number of amides is 2. The Kier molecular flexibility index (Phi) is 6.50. The Labute approximate surface area is 155 Å². The summed E-state index contributed by atoms with van der Waals surface area (Å²) in [6.07, 6.45) is 7.71. The number of hydrogen-bond acceptors (Lipinski definition) is 3. The second kappa shape index (κ2) is 8.39. The molecule has 0 saturated heterocycles. The predicted molar refractivity (Wildman–Crippen MR) is 101 cm³/mol. The van der Waals surface area contributed by atoms with Crippen molar-refractivity contribution in [3.63, 3.8) is 0 Å². The van der Waals surface area contributed by atoms with E-state index in [0.29, 0.717) is 21.6 Å². The molecule has 1 aromatic carbocycles. The summed E-state index contributed by atoms with van der Waals surface area (Å²) < 4.78 is 0. The van der Waals surface area contributed by atoms with Gasteiger partial charge in [0.2, 0.25) is 0 Å². The first-order chi connectivity index (χ1) is 11.4. The topological polar surface area (TPSA) is 54.0 Å². The molecule has 1 unspecified atom stereocenters. The number of rotatable bonds is 5.